The molecule has 0 unspecified atom stereocenters. The topological polar surface area (TPSA) is 74.8 Å². The van der Waals surface area contributed by atoms with Gasteiger partial charge in [0.1, 0.15) is 5.75 Å². The van der Waals surface area contributed by atoms with Crippen molar-refractivity contribution in [3.63, 3.8) is 0 Å². The molecule has 0 saturated heterocycles. The van der Waals surface area contributed by atoms with Crippen molar-refractivity contribution in [2.75, 3.05) is 26.7 Å². The molecule has 134 valence electrons. The Morgan fingerprint density at radius 3 is 2.50 bits per heavy atom. The van der Waals surface area contributed by atoms with Crippen LogP contribution < -0.4 is 20.7 Å². The Morgan fingerprint density at radius 2 is 1.88 bits per heavy atom. The van der Waals surface area contributed by atoms with Crippen molar-refractivity contribution < 1.29 is 9.53 Å². The summed E-state index contributed by atoms with van der Waals surface area (Å²) in [5.41, 5.74) is 0.553. The van der Waals surface area contributed by atoms with Crippen LogP contribution in [-0.4, -0.2) is 38.6 Å². The standard InChI is InChI=1S/C18H30N4O2/c1-6-19-16(23)18(3,4)13-22-17(20-7-2)21-12-14-9-8-10-15(11-14)24-5/h8-11H,6-7,12-13H2,1-5H3,(H,19,23)(H2,20,21,22). The molecule has 0 aliphatic carbocycles. The van der Waals surface area contributed by atoms with Gasteiger partial charge in [-0.2, -0.15) is 0 Å². The van der Waals surface area contributed by atoms with Gasteiger partial charge >= 0.3 is 0 Å². The van der Waals surface area contributed by atoms with Crippen molar-refractivity contribution in [2.24, 2.45) is 10.4 Å². The maximum atomic E-state index is 12.1. The third-order valence-electron chi connectivity index (χ3n) is 3.55. The molecule has 24 heavy (non-hydrogen) atoms. The number of methoxy groups -OCH3 is 1. The number of guanidine groups is 1. The molecule has 3 N–H and O–H groups in total. The molecule has 6 heteroatoms. The fourth-order valence-electron chi connectivity index (χ4n) is 2.07. The molecule has 0 aromatic heterocycles. The summed E-state index contributed by atoms with van der Waals surface area (Å²) >= 11 is 0. The van der Waals surface area contributed by atoms with Gasteiger partial charge in [-0.15, -0.1) is 0 Å². The van der Waals surface area contributed by atoms with E-state index >= 15 is 0 Å². The Bertz CT molecular complexity index is 556. The summed E-state index contributed by atoms with van der Waals surface area (Å²) in [4.78, 5) is 16.6. The van der Waals surface area contributed by atoms with E-state index < -0.39 is 5.41 Å². The highest BCUT2D eigenvalue weighted by molar-refractivity contribution is 5.84. The first-order valence-corrected chi connectivity index (χ1v) is 8.36. The Hall–Kier alpha value is -2.24. The van der Waals surface area contributed by atoms with E-state index in [0.717, 1.165) is 17.9 Å². The van der Waals surface area contributed by atoms with Crippen LogP contribution in [0.25, 0.3) is 0 Å². The molecule has 1 rings (SSSR count). The normalized spacial score (nSPS) is 11.8. The lowest BCUT2D eigenvalue weighted by Gasteiger charge is -2.24. The maximum absolute atomic E-state index is 12.1. The minimum Gasteiger partial charge on any atom is -0.497 e. The molecule has 0 saturated carbocycles. The van der Waals surface area contributed by atoms with Gasteiger partial charge in [0, 0.05) is 19.6 Å². The third kappa shape index (κ3) is 6.48. The molecule has 1 aromatic carbocycles. The summed E-state index contributed by atoms with van der Waals surface area (Å²) < 4.78 is 5.23. The largest absolute Gasteiger partial charge is 0.497 e. The van der Waals surface area contributed by atoms with Crippen LogP contribution in [0.2, 0.25) is 0 Å². The zero-order chi connectivity index (χ0) is 18.0. The number of hydrogen-bond donors (Lipinski definition) is 3. The van der Waals surface area contributed by atoms with E-state index in [4.69, 9.17) is 4.74 Å². The summed E-state index contributed by atoms with van der Waals surface area (Å²) in [5, 5.41) is 9.31. The highest BCUT2D eigenvalue weighted by Crippen LogP contribution is 2.14. The van der Waals surface area contributed by atoms with E-state index in [9.17, 15) is 4.79 Å². The number of aliphatic imine (C=N–C) groups is 1. The quantitative estimate of drug-likeness (QED) is 0.501. The predicted octanol–water partition coefficient (Wildman–Crippen LogP) is 1.91. The van der Waals surface area contributed by atoms with E-state index in [1.54, 1.807) is 7.11 Å². The van der Waals surface area contributed by atoms with Crippen molar-refractivity contribution >= 4 is 11.9 Å². The number of carbonyl (C=O) groups excluding carboxylic acids is 1. The average molecular weight is 334 g/mol. The van der Waals surface area contributed by atoms with Crippen molar-refractivity contribution in [1.29, 1.82) is 0 Å². The van der Waals surface area contributed by atoms with Crippen LogP contribution >= 0.6 is 0 Å². The number of rotatable bonds is 8. The zero-order valence-electron chi connectivity index (χ0n) is 15.4. The lowest BCUT2D eigenvalue weighted by atomic mass is 9.92. The van der Waals surface area contributed by atoms with E-state index in [2.05, 4.69) is 20.9 Å². The van der Waals surface area contributed by atoms with Crippen LogP contribution in [0.3, 0.4) is 0 Å². The molecule has 0 aliphatic rings. The first-order chi connectivity index (χ1) is 11.4. The van der Waals surface area contributed by atoms with E-state index in [-0.39, 0.29) is 5.91 Å². The number of amides is 1. The van der Waals surface area contributed by atoms with Crippen molar-refractivity contribution in [3.05, 3.63) is 29.8 Å². The van der Waals surface area contributed by atoms with Gasteiger partial charge in [-0.3, -0.25) is 4.79 Å². The van der Waals surface area contributed by atoms with Gasteiger partial charge in [0.2, 0.25) is 5.91 Å². The lowest BCUT2D eigenvalue weighted by Crippen LogP contribution is -2.47. The molecule has 0 spiro atoms. The minimum absolute atomic E-state index is 0.0288. The van der Waals surface area contributed by atoms with Crippen molar-refractivity contribution in [3.8, 4) is 5.75 Å². The van der Waals surface area contributed by atoms with Gasteiger partial charge in [0.05, 0.1) is 19.1 Å². The minimum atomic E-state index is -0.512. The molecule has 0 atom stereocenters. The molecular weight excluding hydrogens is 304 g/mol. The second-order valence-corrected chi connectivity index (χ2v) is 6.14. The molecule has 0 bridgehead atoms. The summed E-state index contributed by atoms with van der Waals surface area (Å²) in [5.74, 6) is 1.54. The molecule has 0 fully saturated rings. The average Bonchev–Trinajstić information content (AvgIpc) is 2.57. The molecule has 0 heterocycles. The Kier molecular flexibility index (Phi) is 8.09. The van der Waals surface area contributed by atoms with Gasteiger partial charge in [0.15, 0.2) is 5.96 Å². The number of hydrogen-bond acceptors (Lipinski definition) is 3. The lowest BCUT2D eigenvalue weighted by molar-refractivity contribution is -0.128. The SMILES string of the molecule is CCNC(=O)C(C)(C)CNC(=NCc1cccc(OC)c1)NCC. The predicted molar refractivity (Wildman–Crippen MR) is 98.3 cm³/mol. The second kappa shape index (κ2) is 9.80. The van der Waals surface area contributed by atoms with Gasteiger partial charge in [-0.25, -0.2) is 4.99 Å². The molecule has 0 radical (unpaired) electrons. The van der Waals surface area contributed by atoms with Crippen LogP contribution in [0.15, 0.2) is 29.3 Å². The summed E-state index contributed by atoms with van der Waals surface area (Å²) in [6.45, 7) is 10.2. The van der Waals surface area contributed by atoms with Gasteiger partial charge in [0.25, 0.3) is 0 Å². The van der Waals surface area contributed by atoms with Crippen LogP contribution in [-0.2, 0) is 11.3 Å². The fraction of sp³-hybridized carbons (Fsp3) is 0.556. The van der Waals surface area contributed by atoms with Gasteiger partial charge in [-0.05, 0) is 45.4 Å². The molecule has 0 aliphatic heterocycles. The maximum Gasteiger partial charge on any atom is 0.227 e. The van der Waals surface area contributed by atoms with Crippen LogP contribution in [0.4, 0.5) is 0 Å². The Morgan fingerprint density at radius 1 is 1.17 bits per heavy atom. The van der Waals surface area contributed by atoms with Crippen LogP contribution in [0.5, 0.6) is 5.75 Å². The second-order valence-electron chi connectivity index (χ2n) is 6.14. The zero-order valence-corrected chi connectivity index (χ0v) is 15.4. The first kappa shape index (κ1) is 19.8. The summed E-state index contributed by atoms with van der Waals surface area (Å²) in [7, 11) is 1.65. The number of carbonyl (C=O) groups is 1. The van der Waals surface area contributed by atoms with Crippen molar-refractivity contribution in [1.82, 2.24) is 16.0 Å². The number of nitrogens with zero attached hydrogens (tertiary/aromatic N) is 1. The monoisotopic (exact) mass is 334 g/mol. The molecular formula is C18H30N4O2. The number of benzene rings is 1. The van der Waals surface area contributed by atoms with E-state index in [0.29, 0.717) is 25.6 Å². The Labute approximate surface area is 145 Å². The van der Waals surface area contributed by atoms with Crippen molar-refractivity contribution in [2.45, 2.75) is 34.2 Å². The third-order valence-corrected chi connectivity index (χ3v) is 3.55. The number of ether oxygens (including phenoxy) is 1. The van der Waals surface area contributed by atoms with Gasteiger partial charge in [-0.1, -0.05) is 12.1 Å². The fourth-order valence-corrected chi connectivity index (χ4v) is 2.07. The summed E-state index contributed by atoms with van der Waals surface area (Å²) in [6.07, 6.45) is 0. The molecule has 1 amide bonds. The molecule has 1 aromatic rings. The van der Waals surface area contributed by atoms with Crippen LogP contribution in [0, 0.1) is 5.41 Å². The first-order valence-electron chi connectivity index (χ1n) is 8.36. The smallest absolute Gasteiger partial charge is 0.227 e. The highest BCUT2D eigenvalue weighted by atomic mass is 16.5. The Balaban J connectivity index is 2.70. The summed E-state index contributed by atoms with van der Waals surface area (Å²) in [6, 6.07) is 7.83. The van der Waals surface area contributed by atoms with Gasteiger partial charge < -0.3 is 20.7 Å². The van der Waals surface area contributed by atoms with Crippen LogP contribution in [0.1, 0.15) is 33.3 Å². The van der Waals surface area contributed by atoms with E-state index in [1.165, 1.54) is 0 Å². The highest BCUT2D eigenvalue weighted by Gasteiger charge is 2.27. The molecule has 6 nitrogen and oxygen atoms in total. The van der Waals surface area contributed by atoms with E-state index in [1.807, 2.05) is 52.0 Å². The number of nitrogens with one attached hydrogen (secondary N) is 3.